The molecule has 0 amide bonds. The minimum Gasteiger partial charge on any atom is -0.315 e. The standard InChI is InChI=1S/C11H24N2/c1-11(2,12-3)7-6-10-13-8-4-5-9-13/h12H,4-10H2,1-3H3. The molecule has 0 aromatic rings. The zero-order valence-corrected chi connectivity index (χ0v) is 9.40. The van der Waals surface area contributed by atoms with Crippen LogP contribution in [0.4, 0.5) is 0 Å². The van der Waals surface area contributed by atoms with Crippen LogP contribution in [-0.2, 0) is 0 Å². The second-order valence-corrected chi connectivity index (χ2v) is 4.79. The van der Waals surface area contributed by atoms with Crippen LogP contribution in [0.25, 0.3) is 0 Å². The summed E-state index contributed by atoms with van der Waals surface area (Å²) >= 11 is 0. The predicted octanol–water partition coefficient (Wildman–Crippen LogP) is 1.86. The number of nitrogens with one attached hydrogen (secondary N) is 1. The molecule has 0 saturated carbocycles. The third kappa shape index (κ3) is 4.10. The molecular weight excluding hydrogens is 160 g/mol. The van der Waals surface area contributed by atoms with Gasteiger partial charge in [0.1, 0.15) is 0 Å². The quantitative estimate of drug-likeness (QED) is 0.701. The van der Waals surface area contributed by atoms with Gasteiger partial charge >= 0.3 is 0 Å². The van der Waals surface area contributed by atoms with Gasteiger partial charge in [-0.05, 0) is 66.2 Å². The van der Waals surface area contributed by atoms with Gasteiger partial charge in [0.15, 0.2) is 0 Å². The smallest absolute Gasteiger partial charge is 0.0122 e. The molecule has 0 aliphatic carbocycles. The summed E-state index contributed by atoms with van der Waals surface area (Å²) in [5, 5.41) is 3.35. The van der Waals surface area contributed by atoms with E-state index in [1.54, 1.807) is 0 Å². The highest BCUT2D eigenvalue weighted by molar-refractivity contribution is 4.76. The Hall–Kier alpha value is -0.0800. The Bertz CT molecular complexity index is 137. The fourth-order valence-corrected chi connectivity index (χ4v) is 1.88. The van der Waals surface area contributed by atoms with E-state index in [-0.39, 0.29) is 0 Å². The van der Waals surface area contributed by atoms with E-state index < -0.39 is 0 Å². The van der Waals surface area contributed by atoms with Crippen molar-refractivity contribution in [3.63, 3.8) is 0 Å². The topological polar surface area (TPSA) is 15.3 Å². The second kappa shape index (κ2) is 4.97. The van der Waals surface area contributed by atoms with Crippen molar-refractivity contribution in [2.45, 2.75) is 45.1 Å². The minimum atomic E-state index is 0.319. The first-order chi connectivity index (χ1) is 6.14. The molecule has 0 unspecified atom stereocenters. The third-order valence-corrected chi connectivity index (χ3v) is 3.15. The normalized spacial score (nSPS) is 19.6. The zero-order chi connectivity index (χ0) is 9.73. The molecule has 0 radical (unpaired) electrons. The van der Waals surface area contributed by atoms with E-state index >= 15 is 0 Å². The van der Waals surface area contributed by atoms with Gasteiger partial charge in [0.25, 0.3) is 0 Å². The Kier molecular flexibility index (Phi) is 4.20. The number of hydrogen-bond acceptors (Lipinski definition) is 2. The van der Waals surface area contributed by atoms with Gasteiger partial charge in [-0.2, -0.15) is 0 Å². The van der Waals surface area contributed by atoms with Crippen molar-refractivity contribution in [3.8, 4) is 0 Å². The van der Waals surface area contributed by atoms with Crippen LogP contribution in [0.2, 0.25) is 0 Å². The van der Waals surface area contributed by atoms with E-state index in [2.05, 4.69) is 31.1 Å². The van der Waals surface area contributed by atoms with Crippen LogP contribution in [0, 0.1) is 0 Å². The zero-order valence-electron chi connectivity index (χ0n) is 9.40. The lowest BCUT2D eigenvalue weighted by molar-refractivity contribution is 0.298. The Morgan fingerprint density at radius 3 is 2.38 bits per heavy atom. The summed E-state index contributed by atoms with van der Waals surface area (Å²) in [5.74, 6) is 0. The van der Waals surface area contributed by atoms with E-state index in [4.69, 9.17) is 0 Å². The third-order valence-electron chi connectivity index (χ3n) is 3.15. The Morgan fingerprint density at radius 2 is 1.85 bits per heavy atom. The molecule has 0 aromatic heterocycles. The van der Waals surface area contributed by atoms with Gasteiger partial charge in [0, 0.05) is 5.54 Å². The second-order valence-electron chi connectivity index (χ2n) is 4.79. The van der Waals surface area contributed by atoms with Crippen LogP contribution in [0.15, 0.2) is 0 Å². The summed E-state index contributed by atoms with van der Waals surface area (Å²) in [6.45, 7) is 8.51. The number of rotatable bonds is 5. The maximum absolute atomic E-state index is 3.35. The van der Waals surface area contributed by atoms with E-state index in [0.29, 0.717) is 5.54 Å². The summed E-state index contributed by atoms with van der Waals surface area (Å²) in [4.78, 5) is 2.59. The molecule has 1 fully saturated rings. The van der Waals surface area contributed by atoms with Crippen LogP contribution >= 0.6 is 0 Å². The van der Waals surface area contributed by atoms with Crippen molar-refractivity contribution in [1.82, 2.24) is 10.2 Å². The lowest BCUT2D eigenvalue weighted by Crippen LogP contribution is -2.36. The van der Waals surface area contributed by atoms with Gasteiger partial charge in [-0.15, -0.1) is 0 Å². The van der Waals surface area contributed by atoms with E-state index in [9.17, 15) is 0 Å². The van der Waals surface area contributed by atoms with E-state index in [0.717, 1.165) is 0 Å². The average molecular weight is 184 g/mol. The molecule has 1 saturated heterocycles. The summed E-state index contributed by atoms with van der Waals surface area (Å²) < 4.78 is 0. The number of hydrogen-bond donors (Lipinski definition) is 1. The maximum atomic E-state index is 3.35. The summed E-state index contributed by atoms with van der Waals surface area (Å²) in [6.07, 6.45) is 5.43. The highest BCUT2D eigenvalue weighted by Crippen LogP contribution is 2.13. The molecule has 1 aliphatic rings. The highest BCUT2D eigenvalue weighted by atomic mass is 15.1. The van der Waals surface area contributed by atoms with Crippen molar-refractivity contribution in [1.29, 1.82) is 0 Å². The molecule has 1 heterocycles. The molecule has 0 aromatic carbocycles. The lowest BCUT2D eigenvalue weighted by Gasteiger charge is -2.25. The molecule has 0 bridgehead atoms. The molecule has 0 spiro atoms. The Morgan fingerprint density at radius 1 is 1.23 bits per heavy atom. The van der Waals surface area contributed by atoms with Crippen LogP contribution in [0.5, 0.6) is 0 Å². The molecule has 78 valence electrons. The van der Waals surface area contributed by atoms with Crippen LogP contribution in [0.1, 0.15) is 39.5 Å². The number of nitrogens with zero attached hydrogens (tertiary/aromatic N) is 1. The molecule has 2 heteroatoms. The summed E-state index contributed by atoms with van der Waals surface area (Å²) in [7, 11) is 2.05. The first-order valence-electron chi connectivity index (χ1n) is 5.55. The van der Waals surface area contributed by atoms with Crippen molar-refractivity contribution in [2.75, 3.05) is 26.7 Å². The van der Waals surface area contributed by atoms with Crippen molar-refractivity contribution in [3.05, 3.63) is 0 Å². The van der Waals surface area contributed by atoms with E-state index in [1.807, 2.05) is 0 Å². The largest absolute Gasteiger partial charge is 0.315 e. The maximum Gasteiger partial charge on any atom is 0.0122 e. The molecule has 1 N–H and O–H groups in total. The first kappa shape index (κ1) is 11.0. The molecule has 13 heavy (non-hydrogen) atoms. The Balaban J connectivity index is 2.06. The van der Waals surface area contributed by atoms with Gasteiger partial charge in [-0.25, -0.2) is 0 Å². The SMILES string of the molecule is CNC(C)(C)CCCN1CCCC1. The van der Waals surface area contributed by atoms with Crippen molar-refractivity contribution < 1.29 is 0 Å². The van der Waals surface area contributed by atoms with Crippen LogP contribution in [-0.4, -0.2) is 37.1 Å². The number of likely N-dealkylation sites (tertiary alicyclic amines) is 1. The van der Waals surface area contributed by atoms with E-state index in [1.165, 1.54) is 45.3 Å². The first-order valence-corrected chi connectivity index (χ1v) is 5.55. The van der Waals surface area contributed by atoms with Crippen molar-refractivity contribution in [2.24, 2.45) is 0 Å². The molecule has 1 aliphatic heterocycles. The molecule has 1 rings (SSSR count). The fourth-order valence-electron chi connectivity index (χ4n) is 1.88. The summed E-state index contributed by atoms with van der Waals surface area (Å²) in [5.41, 5.74) is 0.319. The molecule has 2 nitrogen and oxygen atoms in total. The monoisotopic (exact) mass is 184 g/mol. The average Bonchev–Trinajstić information content (AvgIpc) is 2.57. The predicted molar refractivity (Wildman–Crippen MR) is 58.0 cm³/mol. The fraction of sp³-hybridized carbons (Fsp3) is 1.00. The highest BCUT2D eigenvalue weighted by Gasteiger charge is 2.16. The van der Waals surface area contributed by atoms with Gasteiger partial charge in [0.05, 0.1) is 0 Å². The lowest BCUT2D eigenvalue weighted by atomic mass is 9.99. The van der Waals surface area contributed by atoms with Crippen molar-refractivity contribution >= 4 is 0 Å². The molecule has 0 atom stereocenters. The minimum absolute atomic E-state index is 0.319. The summed E-state index contributed by atoms with van der Waals surface area (Å²) in [6, 6.07) is 0. The Labute approximate surface area is 82.7 Å². The van der Waals surface area contributed by atoms with Gasteiger partial charge in [0.2, 0.25) is 0 Å². The van der Waals surface area contributed by atoms with Crippen LogP contribution in [0.3, 0.4) is 0 Å². The molecular formula is C11H24N2. The van der Waals surface area contributed by atoms with Gasteiger partial charge in [-0.3, -0.25) is 0 Å². The van der Waals surface area contributed by atoms with Gasteiger partial charge < -0.3 is 10.2 Å². The van der Waals surface area contributed by atoms with Crippen LogP contribution < -0.4 is 5.32 Å². The van der Waals surface area contributed by atoms with Gasteiger partial charge in [-0.1, -0.05) is 0 Å².